The van der Waals surface area contributed by atoms with Crippen LogP contribution in [0, 0.1) is 0 Å². The third-order valence-electron chi connectivity index (χ3n) is 5.96. The number of nitrogens with one attached hydrogen (secondary N) is 2. The zero-order chi connectivity index (χ0) is 21.0. The number of carbonyl (C=O) groups is 1. The lowest BCUT2D eigenvalue weighted by atomic mass is 10.1. The zero-order valence-electron chi connectivity index (χ0n) is 17.5. The van der Waals surface area contributed by atoms with Crippen LogP contribution in [0.25, 0.3) is 6.08 Å². The minimum atomic E-state index is 0.129. The number of carbonyl (C=O) groups excluding carboxylic acids is 1. The molecule has 5 rings (SSSR count). The highest BCUT2D eigenvalue weighted by Crippen LogP contribution is 2.27. The normalized spacial score (nSPS) is 20.0. The topological polar surface area (TPSA) is 69.1 Å². The van der Waals surface area contributed by atoms with Gasteiger partial charge >= 0.3 is 0 Å². The van der Waals surface area contributed by atoms with E-state index in [4.69, 9.17) is 4.99 Å². The van der Waals surface area contributed by atoms with Gasteiger partial charge in [-0.15, -0.1) is 11.3 Å². The number of hydrogen-bond acceptors (Lipinski definition) is 6. The second kappa shape index (κ2) is 9.16. The molecule has 2 N–H and O–H groups in total. The molecule has 0 unspecified atom stereocenters. The maximum absolute atomic E-state index is 12.9. The van der Waals surface area contributed by atoms with E-state index in [1.54, 1.807) is 11.3 Å². The van der Waals surface area contributed by atoms with Gasteiger partial charge in [0.05, 0.1) is 11.4 Å². The number of nitrogens with zero attached hydrogens (tertiary/aromatic N) is 3. The number of piperazine rings is 1. The number of guanidine groups is 1. The predicted molar refractivity (Wildman–Crippen MR) is 127 cm³/mol. The minimum absolute atomic E-state index is 0.129. The molecule has 3 heterocycles. The Morgan fingerprint density at radius 2 is 1.90 bits per heavy atom. The van der Waals surface area contributed by atoms with Crippen LogP contribution in [0.15, 0.2) is 46.4 Å². The SMILES string of the molecule is O=C(c1cc2c(s1)/C=C\CC=NC(NC1Cc3ccccc3C1)=NC2)N1CCNCC1. The molecule has 1 fully saturated rings. The fourth-order valence-corrected chi connectivity index (χ4v) is 5.41. The maximum Gasteiger partial charge on any atom is 0.264 e. The largest absolute Gasteiger partial charge is 0.351 e. The number of allylic oxidation sites excluding steroid dienone is 1. The van der Waals surface area contributed by atoms with Crippen LogP contribution in [0.5, 0.6) is 0 Å². The minimum Gasteiger partial charge on any atom is -0.351 e. The summed E-state index contributed by atoms with van der Waals surface area (Å²) in [4.78, 5) is 26.2. The van der Waals surface area contributed by atoms with E-state index in [0.717, 1.165) is 60.8 Å². The molecule has 2 aromatic rings. The van der Waals surface area contributed by atoms with E-state index in [1.165, 1.54) is 11.1 Å². The monoisotopic (exact) mass is 433 g/mol. The summed E-state index contributed by atoms with van der Waals surface area (Å²) in [6, 6.07) is 10.9. The van der Waals surface area contributed by atoms with Gasteiger partial charge in [-0.1, -0.05) is 30.3 Å². The number of amides is 1. The number of thiophene rings is 1. The Bertz CT molecular complexity index is 1020. The molecule has 0 radical (unpaired) electrons. The third kappa shape index (κ3) is 4.62. The summed E-state index contributed by atoms with van der Waals surface area (Å²) < 4.78 is 0. The van der Waals surface area contributed by atoms with Crippen molar-refractivity contribution >= 4 is 35.5 Å². The van der Waals surface area contributed by atoms with Crippen LogP contribution in [0.4, 0.5) is 0 Å². The van der Waals surface area contributed by atoms with Crippen molar-refractivity contribution < 1.29 is 4.79 Å². The molecule has 6 nitrogen and oxygen atoms in total. The Balaban J connectivity index is 1.32. The van der Waals surface area contributed by atoms with E-state index >= 15 is 0 Å². The van der Waals surface area contributed by atoms with Crippen molar-refractivity contribution in [1.82, 2.24) is 15.5 Å². The summed E-state index contributed by atoms with van der Waals surface area (Å²) >= 11 is 1.57. The van der Waals surface area contributed by atoms with Crippen LogP contribution in [0.2, 0.25) is 0 Å². The van der Waals surface area contributed by atoms with Crippen molar-refractivity contribution in [3.63, 3.8) is 0 Å². The summed E-state index contributed by atoms with van der Waals surface area (Å²) in [5.74, 6) is 0.810. The van der Waals surface area contributed by atoms with E-state index < -0.39 is 0 Å². The first-order chi connectivity index (χ1) is 15.3. The fourth-order valence-electron chi connectivity index (χ4n) is 4.34. The molecule has 0 spiro atoms. The van der Waals surface area contributed by atoms with E-state index in [9.17, 15) is 4.79 Å². The molecule has 3 aliphatic rings. The smallest absolute Gasteiger partial charge is 0.264 e. The first kappa shape index (κ1) is 20.2. The molecule has 31 heavy (non-hydrogen) atoms. The van der Waals surface area contributed by atoms with Crippen LogP contribution in [-0.4, -0.2) is 55.2 Å². The highest BCUT2D eigenvalue weighted by Gasteiger charge is 2.23. The van der Waals surface area contributed by atoms with Gasteiger partial charge < -0.3 is 15.5 Å². The Kier molecular flexibility index (Phi) is 5.95. The van der Waals surface area contributed by atoms with Crippen molar-refractivity contribution in [3.05, 3.63) is 62.9 Å². The zero-order valence-corrected chi connectivity index (χ0v) is 18.3. The first-order valence-corrected chi connectivity index (χ1v) is 11.8. The molecule has 1 aromatic heterocycles. The summed E-state index contributed by atoms with van der Waals surface area (Å²) in [7, 11) is 0. The summed E-state index contributed by atoms with van der Waals surface area (Å²) in [5, 5.41) is 6.84. The van der Waals surface area contributed by atoms with E-state index in [0.29, 0.717) is 18.5 Å². The summed E-state index contributed by atoms with van der Waals surface area (Å²) in [5.41, 5.74) is 3.90. The summed E-state index contributed by atoms with van der Waals surface area (Å²) in [6.07, 6.45) is 8.84. The van der Waals surface area contributed by atoms with Gasteiger partial charge in [0.15, 0.2) is 0 Å². The average Bonchev–Trinajstić information content (AvgIpc) is 3.40. The molecule has 2 aliphatic heterocycles. The van der Waals surface area contributed by atoms with E-state index in [1.807, 2.05) is 17.2 Å². The van der Waals surface area contributed by atoms with Gasteiger partial charge in [-0.3, -0.25) is 4.79 Å². The highest BCUT2D eigenvalue weighted by molar-refractivity contribution is 7.15. The van der Waals surface area contributed by atoms with E-state index in [-0.39, 0.29) is 5.91 Å². The van der Waals surface area contributed by atoms with Crippen molar-refractivity contribution in [2.45, 2.75) is 31.8 Å². The lowest BCUT2D eigenvalue weighted by Crippen LogP contribution is -2.46. The Labute approximate surface area is 186 Å². The van der Waals surface area contributed by atoms with Crippen molar-refractivity contribution in [2.75, 3.05) is 26.2 Å². The number of aliphatic imine (C=N–C) groups is 2. The molecule has 1 aliphatic carbocycles. The molecule has 0 atom stereocenters. The Morgan fingerprint density at radius 1 is 1.13 bits per heavy atom. The molecule has 1 saturated heterocycles. The van der Waals surface area contributed by atoms with Crippen LogP contribution in [-0.2, 0) is 19.4 Å². The lowest BCUT2D eigenvalue weighted by molar-refractivity contribution is 0.0740. The first-order valence-electron chi connectivity index (χ1n) is 11.0. The van der Waals surface area contributed by atoms with Gasteiger partial charge in [0.1, 0.15) is 0 Å². The van der Waals surface area contributed by atoms with Crippen molar-refractivity contribution in [2.24, 2.45) is 9.98 Å². The maximum atomic E-state index is 12.9. The fraction of sp³-hybridized carbons (Fsp3) is 0.375. The molecule has 0 saturated carbocycles. The van der Waals surface area contributed by atoms with Crippen molar-refractivity contribution in [3.8, 4) is 0 Å². The second-order valence-corrected chi connectivity index (χ2v) is 9.23. The highest BCUT2D eigenvalue weighted by atomic mass is 32.1. The van der Waals surface area contributed by atoms with Gasteiger partial charge in [0.2, 0.25) is 5.96 Å². The number of fused-ring (bicyclic) bond motifs is 2. The Morgan fingerprint density at radius 3 is 2.68 bits per heavy atom. The van der Waals surface area contributed by atoms with Gasteiger partial charge in [-0.2, -0.15) is 0 Å². The van der Waals surface area contributed by atoms with Gasteiger partial charge in [0.25, 0.3) is 5.91 Å². The molecule has 7 heteroatoms. The van der Waals surface area contributed by atoms with Gasteiger partial charge in [-0.05, 0) is 41.7 Å². The van der Waals surface area contributed by atoms with E-state index in [2.05, 4.69) is 52.0 Å². The number of hydrogen-bond donors (Lipinski definition) is 2. The van der Waals surface area contributed by atoms with Gasteiger partial charge in [0, 0.05) is 49.7 Å². The molecule has 0 bridgehead atoms. The van der Waals surface area contributed by atoms with Crippen LogP contribution >= 0.6 is 11.3 Å². The second-order valence-electron chi connectivity index (χ2n) is 8.15. The average molecular weight is 434 g/mol. The van der Waals surface area contributed by atoms with Crippen LogP contribution in [0.3, 0.4) is 0 Å². The molecular weight excluding hydrogens is 406 g/mol. The van der Waals surface area contributed by atoms with Crippen LogP contribution < -0.4 is 10.6 Å². The summed E-state index contributed by atoms with van der Waals surface area (Å²) in [6.45, 7) is 3.77. The Hall–Kier alpha value is -2.77. The molecule has 1 amide bonds. The standard InChI is InChI=1S/C24H27N5OS/c30-23(29-11-9-25-10-12-29)22-15-19-16-27-24(26-8-4-3-7-21(19)31-22)28-20-13-17-5-1-2-6-18(17)14-20/h1-3,5-8,15,20,25H,4,9-14,16H2,(H,27,28)/b7-3-,26-8?. The molecular formula is C24H27N5OS. The predicted octanol–water partition coefficient (Wildman–Crippen LogP) is 2.89. The quantitative estimate of drug-likeness (QED) is 0.765. The lowest BCUT2D eigenvalue weighted by Gasteiger charge is -2.26. The molecule has 160 valence electrons. The van der Waals surface area contributed by atoms with Crippen LogP contribution in [0.1, 0.15) is 37.7 Å². The third-order valence-corrected chi connectivity index (χ3v) is 7.09. The molecule has 1 aromatic carbocycles. The number of rotatable bonds is 2. The van der Waals surface area contributed by atoms with Gasteiger partial charge in [-0.25, -0.2) is 9.98 Å². The number of benzene rings is 1. The van der Waals surface area contributed by atoms with Crippen molar-refractivity contribution in [1.29, 1.82) is 0 Å².